The Balaban J connectivity index is 5.18. The van der Waals surface area contributed by atoms with Gasteiger partial charge in [0.15, 0.2) is 0 Å². The third kappa shape index (κ3) is 12.0. The molecule has 0 spiro atoms. The third-order valence-electron chi connectivity index (χ3n) is 5.95. The first-order chi connectivity index (χ1) is 16.2. The van der Waals surface area contributed by atoms with E-state index in [0.717, 1.165) is 57.8 Å². The Hall–Kier alpha value is -1.19. The summed E-state index contributed by atoms with van der Waals surface area (Å²) in [6, 6.07) is 0. The molecule has 0 aliphatic rings. The Labute approximate surface area is 207 Å². The molecule has 9 heteroatoms. The Morgan fingerprint density at radius 3 is 1.71 bits per heavy atom. The van der Waals surface area contributed by atoms with Crippen LogP contribution in [-0.4, -0.2) is 56.6 Å². The quantitative estimate of drug-likeness (QED) is 0.124. The fourth-order valence-corrected chi connectivity index (χ4v) is 5.39. The van der Waals surface area contributed by atoms with Crippen molar-refractivity contribution in [1.82, 2.24) is 0 Å². The first-order valence-corrected chi connectivity index (χ1v) is 14.4. The molecule has 0 fully saturated rings. The minimum Gasteiger partial charge on any atom is -0.466 e. The van der Waals surface area contributed by atoms with Gasteiger partial charge < -0.3 is 14.6 Å². The number of hydrogen-bond donors (Lipinski definition) is 1. The van der Waals surface area contributed by atoms with Crippen molar-refractivity contribution in [1.29, 1.82) is 0 Å². The minimum absolute atomic E-state index is 0.0712. The molecule has 0 bridgehead atoms. The normalized spacial score (nSPS) is 13.6. The lowest BCUT2D eigenvalue weighted by molar-refractivity contribution is -0.155. The van der Waals surface area contributed by atoms with E-state index in [1.165, 1.54) is 20.3 Å². The van der Waals surface area contributed by atoms with E-state index in [-0.39, 0.29) is 13.2 Å². The second-order valence-electron chi connectivity index (χ2n) is 9.11. The number of aliphatic hydroxyl groups excluding tert-OH is 1. The number of hydrogen-bond acceptors (Lipinski definition) is 8. The van der Waals surface area contributed by atoms with Gasteiger partial charge in [-0.3, -0.25) is 13.8 Å². The first-order valence-electron chi connectivity index (χ1n) is 13.0. The molecule has 0 amide bonds. The topological polar surface area (TPSA) is 116 Å². The van der Waals surface area contributed by atoms with Gasteiger partial charge in [-0.15, -0.1) is 0 Å². The summed E-state index contributed by atoms with van der Waals surface area (Å²) in [7, 11) is -4.58. The lowest BCUT2D eigenvalue weighted by atomic mass is 9.91. The number of ether oxygens (including phenoxy) is 2. The minimum atomic E-state index is -4.58. The van der Waals surface area contributed by atoms with Crippen molar-refractivity contribution in [2.24, 2.45) is 5.92 Å². The van der Waals surface area contributed by atoms with Crippen LogP contribution in [0.15, 0.2) is 0 Å². The van der Waals surface area contributed by atoms with E-state index in [2.05, 4.69) is 13.8 Å². The van der Waals surface area contributed by atoms with Crippen LogP contribution >= 0.6 is 0 Å². The molecule has 0 rings (SSSR count). The molecule has 0 heterocycles. The van der Waals surface area contributed by atoms with Crippen molar-refractivity contribution in [3.8, 4) is 0 Å². The molecule has 0 aliphatic heterocycles. The van der Waals surface area contributed by atoms with Gasteiger partial charge in [0.25, 0.3) is 10.1 Å². The highest BCUT2D eigenvalue weighted by atomic mass is 32.2. The lowest BCUT2D eigenvalue weighted by Gasteiger charge is -2.33. The largest absolute Gasteiger partial charge is 0.466 e. The summed E-state index contributed by atoms with van der Waals surface area (Å²) in [5, 5.41) is 9.04. The lowest BCUT2D eigenvalue weighted by Crippen LogP contribution is -2.54. The number of unbranched alkanes of at least 4 members (excludes halogenated alkanes) is 10. The molecule has 202 valence electrons. The average molecular weight is 509 g/mol. The van der Waals surface area contributed by atoms with Crippen LogP contribution in [0.4, 0.5) is 0 Å². The Bertz CT molecular complexity index is 647. The molecule has 0 radical (unpaired) electrons. The third-order valence-corrected chi connectivity index (χ3v) is 8.10. The van der Waals surface area contributed by atoms with Crippen molar-refractivity contribution < 1.29 is 36.8 Å². The molecule has 0 saturated carbocycles. The standard InChI is InChI=1S/C25H48O8S/c1-5-7-9-11-13-15-18-31-23(27)21-25(22(3)4,34(29,30)33-20-17-26)24(28)32-19-16-14-12-10-8-6-2/h22,26H,5-21H2,1-4H3. The van der Waals surface area contributed by atoms with Gasteiger partial charge in [-0.2, -0.15) is 8.42 Å². The summed E-state index contributed by atoms with van der Waals surface area (Å²) >= 11 is 0. The van der Waals surface area contributed by atoms with Gasteiger partial charge in [0.2, 0.25) is 4.75 Å². The maximum Gasteiger partial charge on any atom is 0.330 e. The Kier molecular flexibility index (Phi) is 18.4. The van der Waals surface area contributed by atoms with Crippen LogP contribution in [0, 0.1) is 5.92 Å². The monoisotopic (exact) mass is 508 g/mol. The number of rotatable bonds is 22. The van der Waals surface area contributed by atoms with Crippen LogP contribution < -0.4 is 0 Å². The van der Waals surface area contributed by atoms with Gasteiger partial charge in [-0.25, -0.2) is 0 Å². The molecule has 0 saturated heterocycles. The molecular weight excluding hydrogens is 460 g/mol. The van der Waals surface area contributed by atoms with Crippen LogP contribution in [-0.2, 0) is 33.4 Å². The van der Waals surface area contributed by atoms with Crippen LogP contribution in [0.1, 0.15) is 111 Å². The Morgan fingerprint density at radius 2 is 1.24 bits per heavy atom. The summed E-state index contributed by atoms with van der Waals surface area (Å²) in [6.07, 6.45) is 11.3. The van der Waals surface area contributed by atoms with E-state index in [1.807, 2.05) is 0 Å². The molecule has 0 aromatic carbocycles. The van der Waals surface area contributed by atoms with E-state index in [0.29, 0.717) is 12.8 Å². The van der Waals surface area contributed by atoms with Gasteiger partial charge in [-0.1, -0.05) is 91.9 Å². The van der Waals surface area contributed by atoms with Crippen LogP contribution in [0.25, 0.3) is 0 Å². The summed E-state index contributed by atoms with van der Waals surface area (Å²) in [5.41, 5.74) is 0. The molecule has 34 heavy (non-hydrogen) atoms. The highest BCUT2D eigenvalue weighted by Gasteiger charge is 2.57. The first kappa shape index (κ1) is 32.8. The maximum atomic E-state index is 13.1. The molecule has 1 atom stereocenters. The van der Waals surface area contributed by atoms with Crippen molar-refractivity contribution in [2.75, 3.05) is 26.4 Å². The second kappa shape index (κ2) is 19.1. The van der Waals surface area contributed by atoms with Crippen molar-refractivity contribution in [3.05, 3.63) is 0 Å². The van der Waals surface area contributed by atoms with Crippen molar-refractivity contribution in [2.45, 2.75) is 116 Å². The summed E-state index contributed by atoms with van der Waals surface area (Å²) < 4.78 is 39.4. The molecule has 1 unspecified atom stereocenters. The summed E-state index contributed by atoms with van der Waals surface area (Å²) in [5.74, 6) is -2.60. The zero-order valence-corrected chi connectivity index (χ0v) is 22.6. The predicted molar refractivity (Wildman–Crippen MR) is 133 cm³/mol. The van der Waals surface area contributed by atoms with Crippen LogP contribution in [0.5, 0.6) is 0 Å². The number of aliphatic hydroxyl groups is 1. The summed E-state index contributed by atoms with van der Waals surface area (Å²) in [6.45, 7) is 6.53. The smallest absolute Gasteiger partial charge is 0.330 e. The molecule has 1 N–H and O–H groups in total. The van der Waals surface area contributed by atoms with Gasteiger partial charge in [0.05, 0.1) is 32.8 Å². The molecule has 8 nitrogen and oxygen atoms in total. The van der Waals surface area contributed by atoms with E-state index in [9.17, 15) is 18.0 Å². The fraction of sp³-hybridized carbons (Fsp3) is 0.920. The van der Waals surface area contributed by atoms with Crippen LogP contribution in [0.2, 0.25) is 0 Å². The van der Waals surface area contributed by atoms with Crippen LogP contribution in [0.3, 0.4) is 0 Å². The predicted octanol–water partition coefficient (Wildman–Crippen LogP) is 4.92. The number of carbonyl (C=O) groups excluding carboxylic acids is 2. The zero-order chi connectivity index (χ0) is 25.9. The van der Waals surface area contributed by atoms with Crippen molar-refractivity contribution in [3.63, 3.8) is 0 Å². The van der Waals surface area contributed by atoms with E-state index >= 15 is 0 Å². The van der Waals surface area contributed by atoms with E-state index in [1.54, 1.807) is 0 Å². The maximum absolute atomic E-state index is 13.1. The Morgan fingerprint density at radius 1 is 0.765 bits per heavy atom. The van der Waals surface area contributed by atoms with E-state index < -0.39 is 52.4 Å². The highest BCUT2D eigenvalue weighted by Crippen LogP contribution is 2.34. The number of esters is 2. The zero-order valence-electron chi connectivity index (χ0n) is 21.8. The van der Waals surface area contributed by atoms with Gasteiger partial charge in [0.1, 0.15) is 0 Å². The SMILES string of the molecule is CCCCCCCCOC(=O)CC(C(=O)OCCCCCCCC)(C(C)C)S(=O)(=O)OCCO. The second-order valence-corrected chi connectivity index (χ2v) is 11.0. The molecule has 0 aromatic heterocycles. The summed E-state index contributed by atoms with van der Waals surface area (Å²) in [4.78, 5) is 25.7. The van der Waals surface area contributed by atoms with Gasteiger partial charge in [-0.05, 0) is 18.8 Å². The van der Waals surface area contributed by atoms with Crippen molar-refractivity contribution >= 4 is 22.1 Å². The van der Waals surface area contributed by atoms with Gasteiger partial charge >= 0.3 is 11.9 Å². The number of carbonyl (C=O) groups is 2. The van der Waals surface area contributed by atoms with Gasteiger partial charge in [0, 0.05) is 0 Å². The highest BCUT2D eigenvalue weighted by molar-refractivity contribution is 7.89. The van der Waals surface area contributed by atoms with E-state index in [4.69, 9.17) is 18.8 Å². The molecular formula is C25H48O8S. The molecule has 0 aromatic rings. The fourth-order valence-electron chi connectivity index (χ4n) is 3.75. The molecule has 0 aliphatic carbocycles. The average Bonchev–Trinajstić information content (AvgIpc) is 2.79.